The minimum absolute atomic E-state index is 0.246. The first-order valence-electron chi connectivity index (χ1n) is 17.1. The molecule has 282 valence electrons. The van der Waals surface area contributed by atoms with Gasteiger partial charge in [0.1, 0.15) is 0 Å². The van der Waals surface area contributed by atoms with E-state index < -0.39 is 23.9 Å². The fraction of sp³-hybridized carbons (Fsp3) is 0.421. The summed E-state index contributed by atoms with van der Waals surface area (Å²) in [5.74, 6) is -0.556. The molecule has 0 aliphatic heterocycles. The maximum atomic E-state index is 13.9. The van der Waals surface area contributed by atoms with E-state index in [1.807, 2.05) is 65.8 Å². The zero-order chi connectivity index (χ0) is 39.0. The van der Waals surface area contributed by atoms with Crippen molar-refractivity contribution in [2.45, 2.75) is 88.1 Å². The van der Waals surface area contributed by atoms with Crippen molar-refractivity contribution in [2.24, 2.45) is 22.9 Å². The van der Waals surface area contributed by atoms with Crippen molar-refractivity contribution in [2.75, 3.05) is 45.9 Å². The second-order valence-corrected chi connectivity index (χ2v) is 16.8. The predicted octanol–water partition coefficient (Wildman–Crippen LogP) is 5.46. The minimum Gasteiger partial charge on any atom is -0.330 e. The highest BCUT2D eigenvalue weighted by Crippen LogP contribution is 2.41. The number of anilines is 4. The molecule has 3 aromatic carbocycles. The number of amides is 4. The highest BCUT2D eigenvalue weighted by atomic mass is 32.2. The molecule has 0 aromatic heterocycles. The quantitative estimate of drug-likeness (QED) is 0.0973. The van der Waals surface area contributed by atoms with Gasteiger partial charge in [0.05, 0.1) is 44.6 Å². The average molecular weight is 751 g/mol. The monoisotopic (exact) mass is 750 g/mol. The maximum absolute atomic E-state index is 13.9. The molecule has 4 amide bonds. The van der Waals surface area contributed by atoms with E-state index in [9.17, 15) is 19.2 Å². The summed E-state index contributed by atoms with van der Waals surface area (Å²) in [6.45, 7) is 16.2. The van der Waals surface area contributed by atoms with Crippen LogP contribution in [0.4, 0.5) is 22.7 Å². The summed E-state index contributed by atoms with van der Waals surface area (Å²) >= 11 is 2.81. The number of nitrogens with two attached hydrogens (primary N) is 4. The van der Waals surface area contributed by atoms with Crippen molar-refractivity contribution < 1.29 is 19.2 Å². The highest BCUT2D eigenvalue weighted by Gasteiger charge is 2.25. The molecular formula is C38H54N8O4S2. The SMILES string of the molecule is C[C@@H](N)C(=O)Nc1cc(C(C)(C)C)cc(NC(=O)c2cccc(C(=O)Nc3cc(C(C)(C)C)cc(NC(=O)[C@@H](C)N)c3SCCN)c2)c1SCCN. The van der Waals surface area contributed by atoms with E-state index >= 15 is 0 Å². The molecule has 0 saturated carbocycles. The number of carbonyl (C=O) groups excluding carboxylic acids is 4. The lowest BCUT2D eigenvalue weighted by molar-refractivity contribution is -0.117. The largest absolute Gasteiger partial charge is 0.330 e. The first-order chi connectivity index (χ1) is 24.3. The molecule has 0 unspecified atom stereocenters. The number of benzene rings is 3. The first-order valence-corrected chi connectivity index (χ1v) is 19.1. The van der Waals surface area contributed by atoms with E-state index in [1.165, 1.54) is 29.6 Å². The summed E-state index contributed by atoms with van der Waals surface area (Å²) in [5.41, 5.74) is 27.0. The van der Waals surface area contributed by atoms with Crippen molar-refractivity contribution in [1.82, 2.24) is 0 Å². The van der Waals surface area contributed by atoms with Gasteiger partial charge < -0.3 is 44.2 Å². The molecule has 12 nitrogen and oxygen atoms in total. The number of thioether (sulfide) groups is 2. The van der Waals surface area contributed by atoms with Gasteiger partial charge in [0.2, 0.25) is 11.8 Å². The lowest BCUT2D eigenvalue weighted by Crippen LogP contribution is -2.33. The van der Waals surface area contributed by atoms with E-state index in [0.29, 0.717) is 57.1 Å². The average Bonchev–Trinajstić information content (AvgIpc) is 3.06. The standard InChI is InChI=1S/C38H54N8O4S2/c1-21(41)33(47)43-27-17-25(37(3,4)5)19-29(31(27)51-14-12-39)45-35(49)23-10-9-11-24(16-23)36(50)46-30-20-26(38(6,7)8)18-28(32(30)52-15-13-40)44-34(48)22(2)42/h9-11,16-22H,12-15,39-42H2,1-8H3,(H,43,47)(H,44,48)(H,45,49)(H,46,50)/t21-,22-/m1/s1. The minimum atomic E-state index is -0.746. The zero-order valence-electron chi connectivity index (χ0n) is 31.4. The molecule has 52 heavy (non-hydrogen) atoms. The summed E-state index contributed by atoms with van der Waals surface area (Å²) < 4.78 is 0. The molecular weight excluding hydrogens is 697 g/mol. The van der Waals surface area contributed by atoms with Crippen LogP contribution in [0.2, 0.25) is 0 Å². The van der Waals surface area contributed by atoms with Crippen LogP contribution in [0.25, 0.3) is 0 Å². The molecule has 0 fully saturated rings. The Morgan fingerprint density at radius 2 is 0.923 bits per heavy atom. The van der Waals surface area contributed by atoms with Gasteiger partial charge in [-0.1, -0.05) is 47.6 Å². The van der Waals surface area contributed by atoms with Crippen LogP contribution >= 0.6 is 23.5 Å². The lowest BCUT2D eigenvalue weighted by Gasteiger charge is -2.25. The zero-order valence-corrected chi connectivity index (χ0v) is 33.0. The van der Waals surface area contributed by atoms with Gasteiger partial charge in [-0.2, -0.15) is 0 Å². The second-order valence-electron chi connectivity index (χ2n) is 14.6. The number of hydrogen-bond acceptors (Lipinski definition) is 10. The Hall–Kier alpha value is -3.92. The Bertz CT molecular complexity index is 1660. The van der Waals surface area contributed by atoms with Gasteiger partial charge in [0.25, 0.3) is 11.8 Å². The third-order valence-electron chi connectivity index (χ3n) is 7.86. The van der Waals surface area contributed by atoms with Gasteiger partial charge in [0, 0.05) is 35.7 Å². The van der Waals surface area contributed by atoms with Crippen LogP contribution in [0.5, 0.6) is 0 Å². The summed E-state index contributed by atoms with van der Waals surface area (Å²) in [5, 5.41) is 11.9. The Kier molecular flexibility index (Phi) is 14.9. The van der Waals surface area contributed by atoms with E-state index in [1.54, 1.807) is 32.0 Å². The van der Waals surface area contributed by atoms with E-state index in [0.717, 1.165) is 11.1 Å². The molecule has 0 aliphatic carbocycles. The third-order valence-corrected chi connectivity index (χ3v) is 10.2. The summed E-state index contributed by atoms with van der Waals surface area (Å²) in [6.07, 6.45) is 0. The van der Waals surface area contributed by atoms with Gasteiger partial charge in [0.15, 0.2) is 0 Å². The van der Waals surface area contributed by atoms with Crippen molar-refractivity contribution >= 4 is 69.9 Å². The fourth-order valence-electron chi connectivity index (χ4n) is 4.81. The summed E-state index contributed by atoms with van der Waals surface area (Å²) in [7, 11) is 0. The molecule has 3 rings (SSSR count). The van der Waals surface area contributed by atoms with Crippen molar-refractivity contribution in [3.05, 3.63) is 70.8 Å². The van der Waals surface area contributed by atoms with Crippen molar-refractivity contribution in [1.29, 1.82) is 0 Å². The number of nitrogens with one attached hydrogen (secondary N) is 4. The maximum Gasteiger partial charge on any atom is 0.255 e. The Morgan fingerprint density at radius 1 is 0.596 bits per heavy atom. The van der Waals surface area contributed by atoms with Gasteiger partial charge in [-0.3, -0.25) is 19.2 Å². The third kappa shape index (κ3) is 11.5. The van der Waals surface area contributed by atoms with E-state index in [-0.39, 0.29) is 33.8 Å². The number of rotatable bonds is 14. The highest BCUT2D eigenvalue weighted by molar-refractivity contribution is 7.99. The van der Waals surface area contributed by atoms with Gasteiger partial charge in [-0.25, -0.2) is 0 Å². The Morgan fingerprint density at radius 3 is 1.21 bits per heavy atom. The molecule has 0 aliphatic rings. The Labute approximate surface area is 315 Å². The number of hydrogen-bond donors (Lipinski definition) is 8. The normalized spacial score (nSPS) is 12.8. The fourth-order valence-corrected chi connectivity index (χ4v) is 6.52. The smallest absolute Gasteiger partial charge is 0.255 e. The second kappa shape index (κ2) is 18.2. The van der Waals surface area contributed by atoms with Crippen LogP contribution in [-0.2, 0) is 20.4 Å². The summed E-state index contributed by atoms with van der Waals surface area (Å²) in [4.78, 5) is 54.4. The molecule has 0 saturated heterocycles. The molecule has 0 bridgehead atoms. The summed E-state index contributed by atoms with van der Waals surface area (Å²) in [6, 6.07) is 12.5. The predicted molar refractivity (Wildman–Crippen MR) is 217 cm³/mol. The van der Waals surface area contributed by atoms with Crippen LogP contribution in [0.3, 0.4) is 0 Å². The van der Waals surface area contributed by atoms with Crippen LogP contribution in [0.1, 0.15) is 87.2 Å². The van der Waals surface area contributed by atoms with Crippen LogP contribution in [-0.4, -0.2) is 60.3 Å². The van der Waals surface area contributed by atoms with Gasteiger partial charge in [-0.05, 0) is 78.3 Å². The molecule has 2 atom stereocenters. The molecule has 12 N–H and O–H groups in total. The van der Waals surface area contributed by atoms with Crippen LogP contribution < -0.4 is 44.2 Å². The Balaban J connectivity index is 2.05. The van der Waals surface area contributed by atoms with Gasteiger partial charge in [-0.15, -0.1) is 23.5 Å². The van der Waals surface area contributed by atoms with Gasteiger partial charge >= 0.3 is 0 Å². The van der Waals surface area contributed by atoms with Crippen molar-refractivity contribution in [3.63, 3.8) is 0 Å². The number of carbonyl (C=O) groups is 4. The molecule has 0 spiro atoms. The molecule has 3 aromatic rings. The molecule has 14 heteroatoms. The van der Waals surface area contributed by atoms with Crippen molar-refractivity contribution in [3.8, 4) is 0 Å². The first kappa shape index (κ1) is 42.5. The van der Waals surface area contributed by atoms with E-state index in [4.69, 9.17) is 22.9 Å². The van der Waals surface area contributed by atoms with Crippen LogP contribution in [0.15, 0.2) is 58.3 Å². The molecule has 0 radical (unpaired) electrons. The lowest BCUT2D eigenvalue weighted by atomic mass is 9.86. The molecule has 0 heterocycles. The van der Waals surface area contributed by atoms with E-state index in [2.05, 4.69) is 21.3 Å². The topological polar surface area (TPSA) is 220 Å². The van der Waals surface area contributed by atoms with Crippen LogP contribution in [0, 0.1) is 0 Å².